The Morgan fingerprint density at radius 1 is 1.31 bits per heavy atom. The molecular weight excluding hydrogens is 202 g/mol. The van der Waals surface area contributed by atoms with Crippen molar-refractivity contribution in [2.45, 2.75) is 46.6 Å². The zero-order valence-corrected chi connectivity index (χ0v) is 11.2. The lowest BCUT2D eigenvalue weighted by Crippen LogP contribution is -2.42. The van der Waals surface area contributed by atoms with Crippen molar-refractivity contribution in [3.8, 4) is 0 Å². The van der Waals surface area contributed by atoms with Crippen LogP contribution in [0.1, 0.15) is 40.5 Å². The number of nitrogens with one attached hydrogen (secondary N) is 2. The molecule has 4 nitrogen and oxygen atoms in total. The van der Waals surface area contributed by atoms with Gasteiger partial charge in [-0.05, 0) is 33.6 Å². The zero-order chi connectivity index (χ0) is 12.2. The molecule has 0 radical (unpaired) electrons. The van der Waals surface area contributed by atoms with E-state index in [0.29, 0.717) is 6.04 Å². The Labute approximate surface area is 99.9 Å². The second kappa shape index (κ2) is 10.7. The van der Waals surface area contributed by atoms with Crippen molar-refractivity contribution in [2.24, 2.45) is 4.99 Å². The largest absolute Gasteiger partial charge is 0.382 e. The Bertz CT molecular complexity index is 183. The summed E-state index contributed by atoms with van der Waals surface area (Å²) in [4.78, 5) is 4.49. The maximum absolute atomic E-state index is 5.27. The molecule has 0 aliphatic heterocycles. The predicted molar refractivity (Wildman–Crippen MR) is 70.0 cm³/mol. The number of hydrogen-bond donors (Lipinski definition) is 2. The van der Waals surface area contributed by atoms with Crippen LogP contribution in [0.4, 0.5) is 0 Å². The molecule has 0 rings (SSSR count). The van der Waals surface area contributed by atoms with Gasteiger partial charge in [-0.3, -0.25) is 4.99 Å². The second-order valence-corrected chi connectivity index (χ2v) is 3.76. The number of hydrogen-bond acceptors (Lipinski definition) is 2. The first-order valence-electron chi connectivity index (χ1n) is 6.37. The fourth-order valence-electron chi connectivity index (χ4n) is 1.16. The smallest absolute Gasteiger partial charge is 0.191 e. The van der Waals surface area contributed by atoms with E-state index in [1.165, 1.54) is 0 Å². The molecule has 0 saturated carbocycles. The average molecular weight is 229 g/mol. The first kappa shape index (κ1) is 15.2. The molecule has 1 unspecified atom stereocenters. The van der Waals surface area contributed by atoms with Gasteiger partial charge in [-0.25, -0.2) is 0 Å². The lowest BCUT2D eigenvalue weighted by molar-refractivity contribution is 0.146. The molecule has 0 aliphatic carbocycles. The minimum Gasteiger partial charge on any atom is -0.382 e. The topological polar surface area (TPSA) is 45.7 Å². The summed E-state index contributed by atoms with van der Waals surface area (Å²) >= 11 is 0. The third kappa shape index (κ3) is 8.53. The van der Waals surface area contributed by atoms with Crippen molar-refractivity contribution in [1.82, 2.24) is 10.6 Å². The molecular formula is C12H27N3O. The summed E-state index contributed by atoms with van der Waals surface area (Å²) < 4.78 is 5.27. The summed E-state index contributed by atoms with van der Waals surface area (Å²) in [6.45, 7) is 11.7. The van der Waals surface area contributed by atoms with E-state index in [1.807, 2.05) is 6.92 Å². The molecule has 2 N–H and O–H groups in total. The molecule has 16 heavy (non-hydrogen) atoms. The molecule has 1 atom stereocenters. The highest BCUT2D eigenvalue weighted by atomic mass is 16.5. The maximum Gasteiger partial charge on any atom is 0.191 e. The molecule has 0 aliphatic rings. The highest BCUT2D eigenvalue weighted by Crippen LogP contribution is 1.89. The molecule has 0 amide bonds. The van der Waals surface area contributed by atoms with E-state index in [0.717, 1.165) is 45.1 Å². The van der Waals surface area contributed by atoms with Crippen LogP contribution in [0.25, 0.3) is 0 Å². The van der Waals surface area contributed by atoms with E-state index in [9.17, 15) is 0 Å². The molecule has 0 aromatic heterocycles. The van der Waals surface area contributed by atoms with Crippen molar-refractivity contribution < 1.29 is 4.74 Å². The van der Waals surface area contributed by atoms with Gasteiger partial charge in [0, 0.05) is 32.3 Å². The van der Waals surface area contributed by atoms with Gasteiger partial charge in [0.2, 0.25) is 0 Å². The van der Waals surface area contributed by atoms with Crippen LogP contribution in [0, 0.1) is 0 Å². The van der Waals surface area contributed by atoms with E-state index >= 15 is 0 Å². The second-order valence-electron chi connectivity index (χ2n) is 3.76. The molecule has 0 saturated heterocycles. The van der Waals surface area contributed by atoms with Gasteiger partial charge in [0.1, 0.15) is 0 Å². The summed E-state index contributed by atoms with van der Waals surface area (Å²) in [6.07, 6.45) is 2.08. The van der Waals surface area contributed by atoms with E-state index in [-0.39, 0.29) is 0 Å². The summed E-state index contributed by atoms with van der Waals surface area (Å²) in [5.41, 5.74) is 0. The molecule has 96 valence electrons. The molecule has 0 aromatic rings. The number of ether oxygens (including phenoxy) is 1. The quantitative estimate of drug-likeness (QED) is 0.379. The number of guanidine groups is 1. The van der Waals surface area contributed by atoms with Gasteiger partial charge in [0.25, 0.3) is 0 Å². The average Bonchev–Trinajstić information content (AvgIpc) is 2.28. The lowest BCUT2D eigenvalue weighted by Gasteiger charge is -2.16. The van der Waals surface area contributed by atoms with Gasteiger partial charge in [-0.15, -0.1) is 0 Å². The highest BCUT2D eigenvalue weighted by Gasteiger charge is 2.01. The van der Waals surface area contributed by atoms with Gasteiger partial charge in [-0.2, -0.15) is 0 Å². The molecule has 0 heterocycles. The molecule has 0 spiro atoms. The molecule has 0 bridgehead atoms. The van der Waals surface area contributed by atoms with Gasteiger partial charge in [0.05, 0.1) is 0 Å². The van der Waals surface area contributed by atoms with E-state index in [4.69, 9.17) is 4.74 Å². The van der Waals surface area contributed by atoms with Crippen LogP contribution in [-0.2, 0) is 4.74 Å². The fraction of sp³-hybridized carbons (Fsp3) is 0.917. The SMILES string of the molecule is CCNC(=NCCCOCC)NC(C)CC. The van der Waals surface area contributed by atoms with Crippen molar-refractivity contribution >= 4 is 5.96 Å². The van der Waals surface area contributed by atoms with Crippen molar-refractivity contribution in [1.29, 1.82) is 0 Å². The first-order valence-corrected chi connectivity index (χ1v) is 6.37. The maximum atomic E-state index is 5.27. The molecule has 0 fully saturated rings. The van der Waals surface area contributed by atoms with Crippen LogP contribution in [0.15, 0.2) is 4.99 Å². The number of aliphatic imine (C=N–C) groups is 1. The summed E-state index contributed by atoms with van der Waals surface area (Å²) in [6, 6.07) is 0.463. The fourth-order valence-corrected chi connectivity index (χ4v) is 1.16. The summed E-state index contributed by atoms with van der Waals surface area (Å²) in [7, 11) is 0. The van der Waals surface area contributed by atoms with Gasteiger partial charge in [0.15, 0.2) is 5.96 Å². The van der Waals surface area contributed by atoms with Gasteiger partial charge < -0.3 is 15.4 Å². The van der Waals surface area contributed by atoms with Crippen LogP contribution in [-0.4, -0.2) is 38.3 Å². The Morgan fingerprint density at radius 2 is 2.06 bits per heavy atom. The Balaban J connectivity index is 3.84. The van der Waals surface area contributed by atoms with Crippen LogP contribution in [0.3, 0.4) is 0 Å². The highest BCUT2D eigenvalue weighted by molar-refractivity contribution is 5.79. The lowest BCUT2D eigenvalue weighted by atomic mass is 10.3. The minimum absolute atomic E-state index is 0.463. The first-order chi connectivity index (χ1) is 7.74. The van der Waals surface area contributed by atoms with E-state index in [1.54, 1.807) is 0 Å². The van der Waals surface area contributed by atoms with E-state index < -0.39 is 0 Å². The Hall–Kier alpha value is -0.770. The summed E-state index contributed by atoms with van der Waals surface area (Å²) in [5.74, 6) is 0.911. The number of nitrogens with zero attached hydrogens (tertiary/aromatic N) is 1. The van der Waals surface area contributed by atoms with Crippen molar-refractivity contribution in [3.63, 3.8) is 0 Å². The molecule has 4 heteroatoms. The number of rotatable bonds is 8. The van der Waals surface area contributed by atoms with Crippen LogP contribution in [0.5, 0.6) is 0 Å². The van der Waals surface area contributed by atoms with Crippen molar-refractivity contribution in [2.75, 3.05) is 26.3 Å². The van der Waals surface area contributed by atoms with Gasteiger partial charge in [-0.1, -0.05) is 6.92 Å². The predicted octanol–water partition coefficient (Wildman–Crippen LogP) is 1.77. The minimum atomic E-state index is 0.463. The van der Waals surface area contributed by atoms with Crippen LogP contribution in [0.2, 0.25) is 0 Å². The summed E-state index contributed by atoms with van der Waals surface area (Å²) in [5, 5.41) is 6.59. The standard InChI is InChI=1S/C12H27N3O/c1-5-11(4)15-12(13-6-2)14-9-8-10-16-7-3/h11H,5-10H2,1-4H3,(H2,13,14,15). The van der Waals surface area contributed by atoms with Gasteiger partial charge >= 0.3 is 0 Å². The van der Waals surface area contributed by atoms with Crippen LogP contribution >= 0.6 is 0 Å². The molecule has 0 aromatic carbocycles. The van der Waals surface area contributed by atoms with Crippen LogP contribution < -0.4 is 10.6 Å². The Morgan fingerprint density at radius 3 is 2.62 bits per heavy atom. The third-order valence-corrected chi connectivity index (χ3v) is 2.26. The monoisotopic (exact) mass is 229 g/mol. The van der Waals surface area contributed by atoms with E-state index in [2.05, 4.69) is 36.4 Å². The zero-order valence-electron chi connectivity index (χ0n) is 11.2. The normalized spacial score (nSPS) is 13.6. The third-order valence-electron chi connectivity index (χ3n) is 2.26. The Kier molecular flexibility index (Phi) is 10.2. The van der Waals surface area contributed by atoms with Crippen molar-refractivity contribution in [3.05, 3.63) is 0 Å².